The van der Waals surface area contributed by atoms with Gasteiger partial charge in [-0.25, -0.2) is 0 Å². The number of rotatable bonds is 3. The summed E-state index contributed by atoms with van der Waals surface area (Å²) in [5.41, 5.74) is 4.56. The predicted molar refractivity (Wildman–Crippen MR) is 54.7 cm³/mol. The van der Waals surface area contributed by atoms with Crippen molar-refractivity contribution < 1.29 is 9.90 Å². The van der Waals surface area contributed by atoms with Gasteiger partial charge in [-0.2, -0.15) is 0 Å². The van der Waals surface area contributed by atoms with Crippen LogP contribution in [0.3, 0.4) is 0 Å². The van der Waals surface area contributed by atoms with Crippen LogP contribution in [-0.2, 0) is 4.79 Å². The second-order valence-electron chi connectivity index (χ2n) is 4.41. The molecule has 1 aliphatic heterocycles. The van der Waals surface area contributed by atoms with Crippen LogP contribution in [0.5, 0.6) is 0 Å². The van der Waals surface area contributed by atoms with Crippen molar-refractivity contribution in [3.63, 3.8) is 0 Å². The van der Waals surface area contributed by atoms with E-state index in [1.165, 1.54) is 0 Å². The molecule has 4 heteroatoms. The van der Waals surface area contributed by atoms with E-state index < -0.39 is 5.60 Å². The van der Waals surface area contributed by atoms with E-state index in [1.807, 2.05) is 6.92 Å². The zero-order valence-corrected chi connectivity index (χ0v) is 8.83. The number of hydrogen-bond donors (Lipinski definition) is 2. The van der Waals surface area contributed by atoms with E-state index >= 15 is 0 Å². The maximum atomic E-state index is 10.6. The summed E-state index contributed by atoms with van der Waals surface area (Å²) in [5.74, 6) is -0.249. The van der Waals surface area contributed by atoms with Crippen molar-refractivity contribution in [2.45, 2.75) is 38.2 Å². The predicted octanol–water partition coefficient (Wildman–Crippen LogP) is 0.0987. The van der Waals surface area contributed by atoms with Gasteiger partial charge >= 0.3 is 0 Å². The van der Waals surface area contributed by atoms with Gasteiger partial charge in [0.05, 0.1) is 5.60 Å². The van der Waals surface area contributed by atoms with Crippen molar-refractivity contribution >= 4 is 5.91 Å². The maximum Gasteiger partial charge on any atom is 0.218 e. The molecule has 0 aromatic rings. The lowest BCUT2D eigenvalue weighted by atomic mass is 9.98. The molecule has 4 nitrogen and oxygen atoms in total. The Kier molecular flexibility index (Phi) is 3.89. The van der Waals surface area contributed by atoms with Gasteiger partial charge in [-0.3, -0.25) is 4.79 Å². The van der Waals surface area contributed by atoms with Gasteiger partial charge in [0.1, 0.15) is 0 Å². The molecule has 1 fully saturated rings. The van der Waals surface area contributed by atoms with Gasteiger partial charge in [0, 0.05) is 19.5 Å². The van der Waals surface area contributed by atoms with E-state index in [-0.39, 0.29) is 5.91 Å². The average Bonchev–Trinajstić information content (AvgIpc) is 2.23. The van der Waals surface area contributed by atoms with Crippen molar-refractivity contribution in [3.05, 3.63) is 0 Å². The quantitative estimate of drug-likeness (QED) is 0.679. The third kappa shape index (κ3) is 4.07. The monoisotopic (exact) mass is 200 g/mol. The van der Waals surface area contributed by atoms with E-state index in [9.17, 15) is 9.90 Å². The molecule has 1 saturated heterocycles. The van der Waals surface area contributed by atoms with E-state index in [2.05, 4.69) is 4.90 Å². The number of nitrogens with two attached hydrogens (primary N) is 1. The van der Waals surface area contributed by atoms with Crippen LogP contribution in [0.15, 0.2) is 0 Å². The second kappa shape index (κ2) is 4.75. The fourth-order valence-electron chi connectivity index (χ4n) is 1.81. The Morgan fingerprint density at radius 2 is 2.21 bits per heavy atom. The maximum absolute atomic E-state index is 10.6. The molecule has 0 spiro atoms. The van der Waals surface area contributed by atoms with Gasteiger partial charge in [-0.05, 0) is 32.7 Å². The molecule has 0 saturated carbocycles. The van der Waals surface area contributed by atoms with E-state index in [1.54, 1.807) is 0 Å². The van der Waals surface area contributed by atoms with E-state index in [4.69, 9.17) is 5.73 Å². The highest BCUT2D eigenvalue weighted by molar-refractivity contribution is 5.73. The summed E-state index contributed by atoms with van der Waals surface area (Å²) >= 11 is 0. The zero-order chi connectivity index (χ0) is 10.6. The van der Waals surface area contributed by atoms with Crippen LogP contribution in [0.4, 0.5) is 0 Å². The average molecular weight is 200 g/mol. The number of primary amides is 1. The minimum absolute atomic E-state index is 0.249. The Hall–Kier alpha value is -0.610. The second-order valence-corrected chi connectivity index (χ2v) is 4.41. The van der Waals surface area contributed by atoms with Gasteiger partial charge in [-0.1, -0.05) is 0 Å². The van der Waals surface area contributed by atoms with Crippen LogP contribution in [0.1, 0.15) is 32.6 Å². The van der Waals surface area contributed by atoms with Gasteiger partial charge in [-0.15, -0.1) is 0 Å². The Balaban J connectivity index is 2.31. The van der Waals surface area contributed by atoms with Gasteiger partial charge < -0.3 is 15.7 Å². The molecule has 3 N–H and O–H groups in total. The fraction of sp³-hybridized carbons (Fsp3) is 0.900. The zero-order valence-electron chi connectivity index (χ0n) is 8.83. The molecule has 1 aliphatic rings. The lowest BCUT2D eigenvalue weighted by Gasteiger charge is -2.21. The number of carbonyl (C=O) groups excluding carboxylic acids is 1. The first-order chi connectivity index (χ1) is 6.49. The minimum atomic E-state index is -0.526. The number of amides is 1. The first kappa shape index (κ1) is 11.5. The Labute approximate surface area is 85.1 Å². The number of carbonyl (C=O) groups is 1. The first-order valence-corrected chi connectivity index (χ1v) is 5.23. The molecular weight excluding hydrogens is 180 g/mol. The molecule has 0 radical (unpaired) electrons. The lowest BCUT2D eigenvalue weighted by Crippen LogP contribution is -2.31. The van der Waals surface area contributed by atoms with Crippen molar-refractivity contribution in [2.24, 2.45) is 5.73 Å². The van der Waals surface area contributed by atoms with Gasteiger partial charge in [0.2, 0.25) is 5.91 Å². The van der Waals surface area contributed by atoms with Gasteiger partial charge in [0.25, 0.3) is 0 Å². The summed E-state index contributed by atoms with van der Waals surface area (Å²) < 4.78 is 0. The first-order valence-electron chi connectivity index (χ1n) is 5.23. The smallest absolute Gasteiger partial charge is 0.218 e. The third-order valence-corrected chi connectivity index (χ3v) is 2.83. The molecular formula is C10H20N2O2. The van der Waals surface area contributed by atoms with Crippen LogP contribution < -0.4 is 5.73 Å². The number of nitrogens with zero attached hydrogens (tertiary/aromatic N) is 1. The molecule has 0 aromatic heterocycles. The standard InChI is InChI=1S/C10H20N2O2/c1-10(14)4-2-6-12(8-5-10)7-3-9(11)13/h14H,2-8H2,1H3,(H2,11,13). The minimum Gasteiger partial charge on any atom is -0.390 e. The van der Waals surface area contributed by atoms with E-state index in [0.717, 1.165) is 38.9 Å². The van der Waals surface area contributed by atoms with Gasteiger partial charge in [0.15, 0.2) is 0 Å². The molecule has 0 bridgehead atoms. The number of hydrogen-bond acceptors (Lipinski definition) is 3. The van der Waals surface area contributed by atoms with Crippen LogP contribution in [0.25, 0.3) is 0 Å². The molecule has 1 heterocycles. The van der Waals surface area contributed by atoms with Crippen LogP contribution in [0, 0.1) is 0 Å². The number of likely N-dealkylation sites (tertiary alicyclic amines) is 1. The summed E-state index contributed by atoms with van der Waals surface area (Å²) in [6.07, 6.45) is 3.04. The summed E-state index contributed by atoms with van der Waals surface area (Å²) in [4.78, 5) is 12.8. The molecule has 1 unspecified atom stereocenters. The summed E-state index contributed by atoms with van der Waals surface area (Å²) in [6.45, 7) is 4.43. The molecule has 0 aliphatic carbocycles. The lowest BCUT2D eigenvalue weighted by molar-refractivity contribution is -0.118. The molecule has 1 atom stereocenters. The van der Waals surface area contributed by atoms with Crippen molar-refractivity contribution in [1.82, 2.24) is 4.90 Å². The Bertz CT molecular complexity index is 204. The molecule has 0 aromatic carbocycles. The normalized spacial score (nSPS) is 29.9. The van der Waals surface area contributed by atoms with Crippen LogP contribution in [-0.4, -0.2) is 41.1 Å². The Morgan fingerprint density at radius 1 is 1.50 bits per heavy atom. The highest BCUT2D eigenvalue weighted by Crippen LogP contribution is 2.21. The molecule has 1 rings (SSSR count). The molecule has 82 valence electrons. The molecule has 1 amide bonds. The summed E-state index contributed by atoms with van der Waals surface area (Å²) in [7, 11) is 0. The van der Waals surface area contributed by atoms with Crippen molar-refractivity contribution in [2.75, 3.05) is 19.6 Å². The van der Waals surface area contributed by atoms with Crippen molar-refractivity contribution in [3.8, 4) is 0 Å². The van der Waals surface area contributed by atoms with Crippen molar-refractivity contribution in [1.29, 1.82) is 0 Å². The highest BCUT2D eigenvalue weighted by Gasteiger charge is 2.24. The Morgan fingerprint density at radius 3 is 2.86 bits per heavy atom. The topological polar surface area (TPSA) is 66.6 Å². The van der Waals surface area contributed by atoms with Crippen LogP contribution in [0.2, 0.25) is 0 Å². The summed E-state index contributed by atoms with van der Waals surface area (Å²) in [6, 6.07) is 0. The summed E-state index contributed by atoms with van der Waals surface area (Å²) in [5, 5.41) is 9.83. The number of aliphatic hydroxyl groups is 1. The highest BCUT2D eigenvalue weighted by atomic mass is 16.3. The third-order valence-electron chi connectivity index (χ3n) is 2.83. The SMILES string of the molecule is CC1(O)CCCN(CCC(N)=O)CC1. The van der Waals surface area contributed by atoms with Crippen LogP contribution >= 0.6 is 0 Å². The fourth-order valence-corrected chi connectivity index (χ4v) is 1.81. The molecule has 14 heavy (non-hydrogen) atoms. The largest absolute Gasteiger partial charge is 0.390 e. The van der Waals surface area contributed by atoms with E-state index in [0.29, 0.717) is 6.42 Å².